The summed E-state index contributed by atoms with van der Waals surface area (Å²) in [5.74, 6) is 0.483. The molecule has 0 atom stereocenters. The third-order valence-corrected chi connectivity index (χ3v) is 5.80. The standard InChI is InChI=1S/C19H20N2O4S/c22-18(13-6-7-14-15(10-13)25-9-8-24-14)20-21-19(23)17-11-12-4-2-1-3-5-16(12)26-17/h6-7,10-11H,1-5,8-9H2,(H,20,22)(H,21,23). The summed E-state index contributed by atoms with van der Waals surface area (Å²) in [5, 5.41) is 0. The summed E-state index contributed by atoms with van der Waals surface area (Å²) in [7, 11) is 0. The second-order valence-corrected chi connectivity index (χ2v) is 7.52. The molecule has 2 aromatic rings. The highest BCUT2D eigenvalue weighted by Crippen LogP contribution is 2.31. The number of thiophene rings is 1. The Labute approximate surface area is 155 Å². The number of aryl methyl sites for hydroxylation is 2. The van der Waals surface area contributed by atoms with Gasteiger partial charge in [-0.05, 0) is 55.5 Å². The zero-order valence-electron chi connectivity index (χ0n) is 14.3. The van der Waals surface area contributed by atoms with Gasteiger partial charge in [-0.2, -0.15) is 0 Å². The molecular formula is C19H20N2O4S. The molecule has 0 radical (unpaired) electrons. The molecule has 1 aromatic carbocycles. The lowest BCUT2D eigenvalue weighted by atomic mass is 10.1. The van der Waals surface area contributed by atoms with Crippen molar-refractivity contribution in [1.29, 1.82) is 0 Å². The SMILES string of the molecule is O=C(NNC(=O)c1cc2c(s1)CCCCC2)c1ccc2c(c1)OCCO2. The van der Waals surface area contributed by atoms with Gasteiger partial charge in [0.25, 0.3) is 11.8 Å². The van der Waals surface area contributed by atoms with Gasteiger partial charge in [-0.25, -0.2) is 0 Å². The van der Waals surface area contributed by atoms with Gasteiger partial charge in [0.15, 0.2) is 11.5 Å². The van der Waals surface area contributed by atoms with Crippen LogP contribution < -0.4 is 20.3 Å². The first-order chi connectivity index (χ1) is 12.7. The molecule has 6 nitrogen and oxygen atoms in total. The molecule has 1 aliphatic heterocycles. The average molecular weight is 372 g/mol. The quantitative estimate of drug-likeness (QED) is 0.628. The highest BCUT2D eigenvalue weighted by molar-refractivity contribution is 7.14. The summed E-state index contributed by atoms with van der Waals surface area (Å²) in [5.41, 5.74) is 6.64. The third kappa shape index (κ3) is 3.53. The maximum absolute atomic E-state index is 12.4. The Balaban J connectivity index is 1.39. The molecule has 7 heteroatoms. The molecule has 0 spiro atoms. The van der Waals surface area contributed by atoms with Gasteiger partial charge in [0, 0.05) is 10.4 Å². The minimum absolute atomic E-state index is 0.283. The molecule has 0 fully saturated rings. The van der Waals surface area contributed by atoms with Gasteiger partial charge in [0.1, 0.15) is 13.2 Å². The number of ether oxygens (including phenoxy) is 2. The van der Waals surface area contributed by atoms with Crippen molar-refractivity contribution in [2.45, 2.75) is 32.1 Å². The number of hydrogen-bond acceptors (Lipinski definition) is 5. The molecule has 2 heterocycles. The van der Waals surface area contributed by atoms with Crippen LogP contribution in [0.3, 0.4) is 0 Å². The zero-order chi connectivity index (χ0) is 17.9. The third-order valence-electron chi connectivity index (χ3n) is 4.56. The van der Waals surface area contributed by atoms with Crippen molar-refractivity contribution in [3.05, 3.63) is 45.1 Å². The van der Waals surface area contributed by atoms with E-state index in [1.54, 1.807) is 18.2 Å². The number of amides is 2. The van der Waals surface area contributed by atoms with Crippen molar-refractivity contribution < 1.29 is 19.1 Å². The van der Waals surface area contributed by atoms with Crippen molar-refractivity contribution in [2.75, 3.05) is 13.2 Å². The Morgan fingerprint density at radius 1 is 0.885 bits per heavy atom. The van der Waals surface area contributed by atoms with E-state index in [0.717, 1.165) is 12.8 Å². The van der Waals surface area contributed by atoms with E-state index >= 15 is 0 Å². The molecule has 136 valence electrons. The lowest BCUT2D eigenvalue weighted by molar-refractivity contribution is 0.0848. The van der Waals surface area contributed by atoms with E-state index in [1.165, 1.54) is 41.0 Å². The number of rotatable bonds is 2. The van der Waals surface area contributed by atoms with E-state index in [9.17, 15) is 9.59 Å². The number of benzene rings is 1. The number of fused-ring (bicyclic) bond motifs is 2. The molecular weight excluding hydrogens is 352 g/mol. The maximum atomic E-state index is 12.4. The van der Waals surface area contributed by atoms with Gasteiger partial charge < -0.3 is 9.47 Å². The van der Waals surface area contributed by atoms with Crippen molar-refractivity contribution in [2.24, 2.45) is 0 Å². The predicted octanol–water partition coefficient (Wildman–Crippen LogP) is 2.86. The molecule has 0 unspecified atom stereocenters. The average Bonchev–Trinajstić information content (AvgIpc) is 2.96. The van der Waals surface area contributed by atoms with E-state index in [-0.39, 0.29) is 5.91 Å². The number of nitrogens with one attached hydrogen (secondary N) is 2. The normalized spacial score (nSPS) is 15.5. The first kappa shape index (κ1) is 16.9. The van der Waals surface area contributed by atoms with Gasteiger partial charge in [-0.3, -0.25) is 20.4 Å². The Morgan fingerprint density at radius 2 is 1.65 bits per heavy atom. The summed E-state index contributed by atoms with van der Waals surface area (Å²) >= 11 is 1.52. The monoisotopic (exact) mass is 372 g/mol. The van der Waals surface area contributed by atoms with Gasteiger partial charge in [0.05, 0.1) is 4.88 Å². The number of hydrogen-bond donors (Lipinski definition) is 2. The van der Waals surface area contributed by atoms with E-state index in [0.29, 0.717) is 35.2 Å². The second kappa shape index (κ2) is 7.37. The predicted molar refractivity (Wildman–Crippen MR) is 97.9 cm³/mol. The van der Waals surface area contributed by atoms with Crippen molar-refractivity contribution in [3.63, 3.8) is 0 Å². The fourth-order valence-electron chi connectivity index (χ4n) is 3.21. The Kier molecular flexibility index (Phi) is 4.79. The molecule has 0 saturated carbocycles. The van der Waals surface area contributed by atoms with Crippen LogP contribution in [0.1, 0.15) is 49.7 Å². The maximum Gasteiger partial charge on any atom is 0.279 e. The highest BCUT2D eigenvalue weighted by atomic mass is 32.1. The van der Waals surface area contributed by atoms with Gasteiger partial charge >= 0.3 is 0 Å². The Hall–Kier alpha value is -2.54. The molecule has 2 N–H and O–H groups in total. The lowest BCUT2D eigenvalue weighted by Crippen LogP contribution is -2.41. The first-order valence-electron chi connectivity index (χ1n) is 8.82. The van der Waals surface area contributed by atoms with Crippen LogP contribution >= 0.6 is 11.3 Å². The zero-order valence-corrected chi connectivity index (χ0v) is 15.1. The van der Waals surface area contributed by atoms with Crippen LogP contribution in [0.15, 0.2) is 24.3 Å². The van der Waals surface area contributed by atoms with E-state index in [1.807, 2.05) is 6.07 Å². The smallest absolute Gasteiger partial charge is 0.279 e. The van der Waals surface area contributed by atoms with Gasteiger partial charge in [-0.15, -0.1) is 11.3 Å². The van der Waals surface area contributed by atoms with Crippen LogP contribution in [-0.2, 0) is 12.8 Å². The van der Waals surface area contributed by atoms with Crippen molar-refractivity contribution in [3.8, 4) is 11.5 Å². The van der Waals surface area contributed by atoms with Gasteiger partial charge in [-0.1, -0.05) is 6.42 Å². The first-order valence-corrected chi connectivity index (χ1v) is 9.64. The van der Waals surface area contributed by atoms with E-state index in [2.05, 4.69) is 10.9 Å². The highest BCUT2D eigenvalue weighted by Gasteiger charge is 2.18. The molecule has 2 aliphatic rings. The number of carbonyl (C=O) groups excluding carboxylic acids is 2. The minimum atomic E-state index is -0.395. The van der Waals surface area contributed by atoms with Crippen molar-refractivity contribution >= 4 is 23.2 Å². The molecule has 2 amide bonds. The lowest BCUT2D eigenvalue weighted by Gasteiger charge is -2.18. The second-order valence-electron chi connectivity index (χ2n) is 6.39. The molecule has 1 aromatic heterocycles. The molecule has 1 aliphatic carbocycles. The van der Waals surface area contributed by atoms with Crippen LogP contribution in [0.5, 0.6) is 11.5 Å². The van der Waals surface area contributed by atoms with Crippen LogP contribution in [0.2, 0.25) is 0 Å². The molecule has 0 bridgehead atoms. The summed E-state index contributed by atoms with van der Waals surface area (Å²) < 4.78 is 10.9. The fourth-order valence-corrected chi connectivity index (χ4v) is 4.36. The van der Waals surface area contributed by atoms with Crippen LogP contribution in [0.25, 0.3) is 0 Å². The summed E-state index contributed by atoms with van der Waals surface area (Å²) in [6.45, 7) is 0.956. The number of hydrazine groups is 1. The molecule has 4 rings (SSSR count). The molecule has 0 saturated heterocycles. The van der Waals surface area contributed by atoms with Crippen molar-refractivity contribution in [1.82, 2.24) is 10.9 Å². The van der Waals surface area contributed by atoms with E-state index < -0.39 is 5.91 Å². The van der Waals surface area contributed by atoms with Crippen LogP contribution in [-0.4, -0.2) is 25.0 Å². The largest absolute Gasteiger partial charge is 0.486 e. The Bertz CT molecular complexity index is 823. The van der Waals surface area contributed by atoms with Gasteiger partial charge in [0.2, 0.25) is 0 Å². The van der Waals surface area contributed by atoms with E-state index in [4.69, 9.17) is 9.47 Å². The molecule has 26 heavy (non-hydrogen) atoms. The summed E-state index contributed by atoms with van der Waals surface area (Å²) in [6.07, 6.45) is 5.66. The summed E-state index contributed by atoms with van der Waals surface area (Å²) in [6, 6.07) is 6.91. The van der Waals surface area contributed by atoms with Crippen LogP contribution in [0, 0.1) is 0 Å². The Morgan fingerprint density at radius 3 is 2.54 bits per heavy atom. The van der Waals surface area contributed by atoms with Crippen LogP contribution in [0.4, 0.5) is 0 Å². The topological polar surface area (TPSA) is 76.7 Å². The summed E-state index contributed by atoms with van der Waals surface area (Å²) in [4.78, 5) is 26.6. The minimum Gasteiger partial charge on any atom is -0.486 e. The fraction of sp³-hybridized carbons (Fsp3) is 0.368. The number of carbonyl (C=O) groups is 2.